The predicted molar refractivity (Wildman–Crippen MR) is 76.8 cm³/mol. The Morgan fingerprint density at radius 1 is 1.00 bits per heavy atom. The van der Waals surface area contributed by atoms with Crippen LogP contribution in [0.2, 0.25) is 5.02 Å². The molecule has 2 heteroatoms. The summed E-state index contributed by atoms with van der Waals surface area (Å²) in [4.78, 5) is 0. The Hall–Kier alpha value is -1.47. The van der Waals surface area contributed by atoms with E-state index >= 15 is 0 Å². The Bertz CT molecular complexity index is 547. The summed E-state index contributed by atoms with van der Waals surface area (Å²) in [6.45, 7) is 6.30. The van der Waals surface area contributed by atoms with Gasteiger partial charge in [-0.3, -0.25) is 0 Å². The molecule has 0 aromatic heterocycles. The Morgan fingerprint density at radius 2 is 1.72 bits per heavy atom. The van der Waals surface area contributed by atoms with Crippen LogP contribution in [0.3, 0.4) is 0 Å². The van der Waals surface area contributed by atoms with Gasteiger partial charge in [0.1, 0.15) is 11.5 Å². The first kappa shape index (κ1) is 13.0. The summed E-state index contributed by atoms with van der Waals surface area (Å²) in [6, 6.07) is 13.8. The highest BCUT2D eigenvalue weighted by Gasteiger charge is 2.06. The third-order valence-corrected chi connectivity index (χ3v) is 3.15. The van der Waals surface area contributed by atoms with Crippen LogP contribution in [0.25, 0.3) is 0 Å². The molecule has 2 rings (SSSR count). The lowest BCUT2D eigenvalue weighted by molar-refractivity contribution is 0.482. The molecule has 1 nitrogen and oxygen atoms in total. The normalized spacial score (nSPS) is 10.7. The van der Waals surface area contributed by atoms with Crippen LogP contribution in [0.1, 0.15) is 30.9 Å². The second-order valence-electron chi connectivity index (χ2n) is 4.76. The first-order valence-electron chi connectivity index (χ1n) is 6.10. The van der Waals surface area contributed by atoms with Crippen molar-refractivity contribution in [2.45, 2.75) is 26.7 Å². The molecule has 0 amide bonds. The molecule has 0 aliphatic rings. The average molecular weight is 261 g/mol. The van der Waals surface area contributed by atoms with Crippen molar-refractivity contribution in [2.24, 2.45) is 0 Å². The van der Waals surface area contributed by atoms with E-state index in [0.29, 0.717) is 5.92 Å². The lowest BCUT2D eigenvalue weighted by atomic mass is 10.0. The number of aryl methyl sites for hydroxylation is 1. The van der Waals surface area contributed by atoms with Crippen molar-refractivity contribution >= 4 is 11.6 Å². The van der Waals surface area contributed by atoms with Crippen LogP contribution in [0.4, 0.5) is 0 Å². The second kappa shape index (κ2) is 5.45. The zero-order valence-corrected chi connectivity index (χ0v) is 11.7. The molecule has 0 heterocycles. The van der Waals surface area contributed by atoms with Gasteiger partial charge in [-0.25, -0.2) is 0 Å². The van der Waals surface area contributed by atoms with Gasteiger partial charge in [0.25, 0.3) is 0 Å². The third kappa shape index (κ3) is 3.05. The maximum Gasteiger partial charge on any atom is 0.128 e. The molecule has 0 atom stereocenters. The monoisotopic (exact) mass is 260 g/mol. The molecule has 0 N–H and O–H groups in total. The fourth-order valence-electron chi connectivity index (χ4n) is 1.85. The van der Waals surface area contributed by atoms with Gasteiger partial charge in [0.05, 0.1) is 0 Å². The van der Waals surface area contributed by atoms with E-state index in [4.69, 9.17) is 16.3 Å². The van der Waals surface area contributed by atoms with Gasteiger partial charge in [-0.05, 0) is 48.2 Å². The first-order valence-corrected chi connectivity index (χ1v) is 6.48. The van der Waals surface area contributed by atoms with E-state index in [2.05, 4.69) is 13.8 Å². The maximum absolute atomic E-state index is 6.24. The number of benzene rings is 2. The van der Waals surface area contributed by atoms with Gasteiger partial charge in [0.15, 0.2) is 0 Å². The quantitative estimate of drug-likeness (QED) is 0.702. The molecule has 0 saturated heterocycles. The van der Waals surface area contributed by atoms with Gasteiger partial charge in [-0.15, -0.1) is 0 Å². The highest BCUT2D eigenvalue weighted by molar-refractivity contribution is 6.31. The molecule has 94 valence electrons. The lowest BCUT2D eigenvalue weighted by Crippen LogP contribution is -1.90. The Morgan fingerprint density at radius 3 is 2.33 bits per heavy atom. The van der Waals surface area contributed by atoms with Gasteiger partial charge in [0.2, 0.25) is 0 Å². The minimum atomic E-state index is 0.422. The molecule has 0 aliphatic heterocycles. The first-order chi connectivity index (χ1) is 8.56. The maximum atomic E-state index is 6.24. The van der Waals surface area contributed by atoms with E-state index in [0.717, 1.165) is 22.1 Å². The Labute approximate surface area is 113 Å². The zero-order chi connectivity index (χ0) is 13.1. The molecule has 2 aromatic rings. The lowest BCUT2D eigenvalue weighted by Gasteiger charge is -2.11. The number of hydrogen-bond donors (Lipinski definition) is 0. The fourth-order valence-corrected chi connectivity index (χ4v) is 2.24. The minimum Gasteiger partial charge on any atom is -0.457 e. The largest absolute Gasteiger partial charge is 0.457 e. The van der Waals surface area contributed by atoms with E-state index in [-0.39, 0.29) is 0 Å². The van der Waals surface area contributed by atoms with Crippen LogP contribution in [-0.2, 0) is 0 Å². The minimum absolute atomic E-state index is 0.422. The van der Waals surface area contributed by atoms with Crippen molar-refractivity contribution in [3.05, 3.63) is 58.6 Å². The van der Waals surface area contributed by atoms with Crippen LogP contribution in [-0.4, -0.2) is 0 Å². The standard InChI is InChI=1S/C16H17ClO/c1-11(2)15-8-7-14(10-16(15)17)18-13-6-4-5-12(3)9-13/h4-11H,1-3H3. The van der Waals surface area contributed by atoms with Gasteiger partial charge in [-0.2, -0.15) is 0 Å². The third-order valence-electron chi connectivity index (χ3n) is 2.82. The van der Waals surface area contributed by atoms with Crippen molar-refractivity contribution in [3.63, 3.8) is 0 Å². The summed E-state index contributed by atoms with van der Waals surface area (Å²) in [5.74, 6) is 2.03. The molecule has 0 aliphatic carbocycles. The van der Waals surface area contributed by atoms with E-state index in [1.54, 1.807) is 0 Å². The topological polar surface area (TPSA) is 9.23 Å². The molecular weight excluding hydrogens is 244 g/mol. The summed E-state index contributed by atoms with van der Waals surface area (Å²) in [5.41, 5.74) is 2.32. The second-order valence-corrected chi connectivity index (χ2v) is 5.16. The number of rotatable bonds is 3. The molecule has 0 radical (unpaired) electrons. The van der Waals surface area contributed by atoms with Crippen LogP contribution in [0.5, 0.6) is 11.5 Å². The van der Waals surface area contributed by atoms with Crippen LogP contribution >= 0.6 is 11.6 Å². The Balaban J connectivity index is 2.23. The van der Waals surface area contributed by atoms with Crippen molar-refractivity contribution in [1.82, 2.24) is 0 Å². The summed E-state index contributed by atoms with van der Waals surface area (Å²) in [7, 11) is 0. The van der Waals surface area contributed by atoms with E-state index in [9.17, 15) is 0 Å². The van der Waals surface area contributed by atoms with E-state index in [1.807, 2.05) is 49.4 Å². The van der Waals surface area contributed by atoms with E-state index < -0.39 is 0 Å². The van der Waals surface area contributed by atoms with Crippen molar-refractivity contribution in [1.29, 1.82) is 0 Å². The predicted octanol–water partition coefficient (Wildman–Crippen LogP) is 5.56. The van der Waals surface area contributed by atoms with Gasteiger partial charge in [0, 0.05) is 5.02 Å². The van der Waals surface area contributed by atoms with Crippen molar-refractivity contribution in [2.75, 3.05) is 0 Å². The average Bonchev–Trinajstić information content (AvgIpc) is 2.28. The summed E-state index contributed by atoms with van der Waals surface area (Å²) >= 11 is 6.24. The van der Waals surface area contributed by atoms with E-state index in [1.165, 1.54) is 5.56 Å². The molecule has 0 bridgehead atoms. The smallest absolute Gasteiger partial charge is 0.128 e. The number of hydrogen-bond acceptors (Lipinski definition) is 1. The van der Waals surface area contributed by atoms with Crippen LogP contribution in [0.15, 0.2) is 42.5 Å². The summed E-state index contributed by atoms with van der Waals surface area (Å²) < 4.78 is 5.79. The van der Waals surface area contributed by atoms with Crippen molar-refractivity contribution < 1.29 is 4.74 Å². The molecular formula is C16H17ClO. The molecule has 0 spiro atoms. The number of ether oxygens (including phenoxy) is 1. The molecule has 0 saturated carbocycles. The SMILES string of the molecule is Cc1cccc(Oc2ccc(C(C)C)c(Cl)c2)c1. The highest BCUT2D eigenvalue weighted by Crippen LogP contribution is 2.30. The number of halogens is 1. The van der Waals surface area contributed by atoms with Crippen molar-refractivity contribution in [3.8, 4) is 11.5 Å². The molecule has 18 heavy (non-hydrogen) atoms. The fraction of sp³-hybridized carbons (Fsp3) is 0.250. The van der Waals surface area contributed by atoms with Gasteiger partial charge < -0.3 is 4.74 Å². The Kier molecular flexibility index (Phi) is 3.93. The zero-order valence-electron chi connectivity index (χ0n) is 10.9. The van der Waals surface area contributed by atoms with Crippen LogP contribution < -0.4 is 4.74 Å². The summed E-state index contributed by atoms with van der Waals surface area (Å²) in [5, 5.41) is 0.759. The molecule has 2 aromatic carbocycles. The highest BCUT2D eigenvalue weighted by atomic mass is 35.5. The van der Waals surface area contributed by atoms with Gasteiger partial charge in [-0.1, -0.05) is 43.6 Å². The molecule has 0 unspecified atom stereocenters. The van der Waals surface area contributed by atoms with Crippen LogP contribution in [0, 0.1) is 6.92 Å². The summed E-state index contributed by atoms with van der Waals surface area (Å²) in [6.07, 6.45) is 0. The van der Waals surface area contributed by atoms with Gasteiger partial charge >= 0.3 is 0 Å². The molecule has 0 fully saturated rings.